The van der Waals surface area contributed by atoms with E-state index >= 15 is 0 Å². The average molecular weight is 402 g/mol. The Morgan fingerprint density at radius 2 is 1.77 bits per heavy atom. The summed E-state index contributed by atoms with van der Waals surface area (Å²) < 4.78 is 11.0. The number of methoxy groups -OCH3 is 2. The molecule has 2 unspecified atom stereocenters. The molecule has 3 aromatic carbocycles. The Labute approximate surface area is 177 Å². The standard InChI is InChI=1S/C25H27N3O2/c1-16-22-13-25(30-3)24(29-2)12-20(22)8-9-28(16)15-17-4-5-19-11-21(23(27)14-26)7-6-18(19)10-17/h4-7,10-13,16,23H,8-9,15,27H2,1-3H3. The number of fused-ring (bicyclic) bond motifs is 2. The van der Waals surface area contributed by atoms with Crippen LogP contribution in [0.15, 0.2) is 48.5 Å². The molecule has 1 aliphatic rings. The first-order valence-electron chi connectivity index (χ1n) is 10.2. The first-order valence-corrected chi connectivity index (χ1v) is 10.2. The lowest BCUT2D eigenvalue weighted by Gasteiger charge is -2.35. The van der Waals surface area contributed by atoms with Gasteiger partial charge in [0.25, 0.3) is 0 Å². The summed E-state index contributed by atoms with van der Waals surface area (Å²) >= 11 is 0. The lowest BCUT2D eigenvalue weighted by Crippen LogP contribution is -2.33. The van der Waals surface area contributed by atoms with Crippen molar-refractivity contribution in [3.05, 3.63) is 70.8 Å². The van der Waals surface area contributed by atoms with E-state index in [1.54, 1.807) is 14.2 Å². The van der Waals surface area contributed by atoms with Gasteiger partial charge in [-0.1, -0.05) is 24.3 Å². The number of nitrogens with two attached hydrogens (primary N) is 1. The molecule has 0 aliphatic carbocycles. The smallest absolute Gasteiger partial charge is 0.161 e. The Hall–Kier alpha value is -3.07. The third kappa shape index (κ3) is 3.72. The average Bonchev–Trinajstić information content (AvgIpc) is 2.79. The van der Waals surface area contributed by atoms with Crippen molar-refractivity contribution in [2.24, 2.45) is 5.73 Å². The molecule has 0 aromatic heterocycles. The predicted molar refractivity (Wildman–Crippen MR) is 119 cm³/mol. The molecule has 0 fully saturated rings. The van der Waals surface area contributed by atoms with Crippen molar-refractivity contribution in [1.29, 1.82) is 5.26 Å². The number of ether oxygens (including phenoxy) is 2. The van der Waals surface area contributed by atoms with Crippen molar-refractivity contribution < 1.29 is 9.47 Å². The van der Waals surface area contributed by atoms with Crippen LogP contribution in [0.4, 0.5) is 0 Å². The molecule has 4 rings (SSSR count). The molecule has 30 heavy (non-hydrogen) atoms. The maximum atomic E-state index is 9.05. The number of nitriles is 1. The molecule has 2 N–H and O–H groups in total. The zero-order valence-corrected chi connectivity index (χ0v) is 17.7. The Morgan fingerprint density at radius 3 is 2.50 bits per heavy atom. The van der Waals surface area contributed by atoms with Crippen LogP contribution < -0.4 is 15.2 Å². The Morgan fingerprint density at radius 1 is 1.07 bits per heavy atom. The summed E-state index contributed by atoms with van der Waals surface area (Å²) in [4.78, 5) is 2.50. The van der Waals surface area contributed by atoms with E-state index in [-0.39, 0.29) is 0 Å². The van der Waals surface area contributed by atoms with Crippen molar-refractivity contribution in [1.82, 2.24) is 4.90 Å². The number of hydrogen-bond donors (Lipinski definition) is 1. The summed E-state index contributed by atoms with van der Waals surface area (Å²) in [6.45, 7) is 4.13. The molecule has 3 aromatic rings. The van der Waals surface area contributed by atoms with Crippen molar-refractivity contribution in [2.45, 2.75) is 32.0 Å². The van der Waals surface area contributed by atoms with Crippen LogP contribution in [0.5, 0.6) is 11.5 Å². The fourth-order valence-electron chi connectivity index (χ4n) is 4.33. The van der Waals surface area contributed by atoms with E-state index in [9.17, 15) is 0 Å². The Bertz CT molecular complexity index is 1120. The SMILES string of the molecule is COc1cc2c(cc1OC)C(C)N(Cc1ccc3cc(C(N)C#N)ccc3c1)CC2. The van der Waals surface area contributed by atoms with Gasteiger partial charge >= 0.3 is 0 Å². The summed E-state index contributed by atoms with van der Waals surface area (Å²) in [5, 5.41) is 11.3. The van der Waals surface area contributed by atoms with Crippen LogP contribution >= 0.6 is 0 Å². The minimum atomic E-state index is -0.584. The summed E-state index contributed by atoms with van der Waals surface area (Å²) in [5.74, 6) is 1.57. The fourth-order valence-corrected chi connectivity index (χ4v) is 4.33. The molecular formula is C25H27N3O2. The van der Waals surface area contributed by atoms with Crippen LogP contribution in [0.1, 0.15) is 41.3 Å². The summed E-state index contributed by atoms with van der Waals surface area (Å²) in [7, 11) is 3.36. The minimum absolute atomic E-state index is 0.292. The van der Waals surface area contributed by atoms with Gasteiger partial charge in [0.2, 0.25) is 0 Å². The molecule has 1 heterocycles. The molecule has 154 valence electrons. The third-order valence-corrected chi connectivity index (χ3v) is 6.12. The van der Waals surface area contributed by atoms with Crippen LogP contribution in [-0.4, -0.2) is 25.7 Å². The molecule has 1 aliphatic heterocycles. The highest BCUT2D eigenvalue weighted by Crippen LogP contribution is 2.38. The van der Waals surface area contributed by atoms with Gasteiger partial charge in [0.1, 0.15) is 6.04 Å². The lowest BCUT2D eigenvalue weighted by molar-refractivity contribution is 0.189. The quantitative estimate of drug-likeness (QED) is 0.682. The van der Waals surface area contributed by atoms with Gasteiger partial charge < -0.3 is 15.2 Å². The Balaban J connectivity index is 1.57. The van der Waals surface area contributed by atoms with E-state index in [1.807, 2.05) is 12.1 Å². The molecule has 0 bridgehead atoms. The second-order valence-electron chi connectivity index (χ2n) is 7.85. The monoisotopic (exact) mass is 401 g/mol. The molecule has 0 saturated heterocycles. The number of rotatable bonds is 5. The van der Waals surface area contributed by atoms with Crippen molar-refractivity contribution in [2.75, 3.05) is 20.8 Å². The van der Waals surface area contributed by atoms with Gasteiger partial charge in [-0.25, -0.2) is 0 Å². The molecule has 0 saturated carbocycles. The van der Waals surface area contributed by atoms with E-state index < -0.39 is 6.04 Å². The summed E-state index contributed by atoms with van der Waals surface area (Å²) in [6, 6.07) is 18.6. The number of nitrogens with zero attached hydrogens (tertiary/aromatic N) is 2. The van der Waals surface area contributed by atoms with Crippen LogP contribution in [0.25, 0.3) is 10.8 Å². The van der Waals surface area contributed by atoms with Gasteiger partial charge in [-0.3, -0.25) is 4.90 Å². The van der Waals surface area contributed by atoms with Gasteiger partial charge in [0.15, 0.2) is 11.5 Å². The first-order chi connectivity index (χ1) is 14.5. The van der Waals surface area contributed by atoms with Gasteiger partial charge in [0.05, 0.1) is 20.3 Å². The van der Waals surface area contributed by atoms with E-state index in [1.165, 1.54) is 16.7 Å². The van der Waals surface area contributed by atoms with Crippen molar-refractivity contribution in [3.63, 3.8) is 0 Å². The molecule has 0 spiro atoms. The van der Waals surface area contributed by atoms with Gasteiger partial charge in [-0.05, 0) is 70.6 Å². The maximum Gasteiger partial charge on any atom is 0.161 e. The Kier molecular flexibility index (Phi) is 5.63. The second kappa shape index (κ2) is 8.35. The lowest BCUT2D eigenvalue weighted by atomic mass is 9.92. The summed E-state index contributed by atoms with van der Waals surface area (Å²) in [6.07, 6.45) is 0.989. The predicted octanol–water partition coefficient (Wildman–Crippen LogP) is 4.50. The highest BCUT2D eigenvalue weighted by Gasteiger charge is 2.26. The summed E-state index contributed by atoms with van der Waals surface area (Å²) in [5.41, 5.74) is 10.6. The zero-order valence-electron chi connectivity index (χ0n) is 17.7. The molecule has 2 atom stereocenters. The molecule has 0 radical (unpaired) electrons. The maximum absolute atomic E-state index is 9.05. The van der Waals surface area contributed by atoms with Crippen molar-refractivity contribution in [3.8, 4) is 17.6 Å². The van der Waals surface area contributed by atoms with Crippen molar-refractivity contribution >= 4 is 10.8 Å². The normalized spacial score (nSPS) is 17.2. The molecule has 5 heteroatoms. The number of hydrogen-bond acceptors (Lipinski definition) is 5. The molecule has 5 nitrogen and oxygen atoms in total. The fraction of sp³-hybridized carbons (Fsp3) is 0.320. The van der Waals surface area contributed by atoms with Crippen LogP contribution in [0.2, 0.25) is 0 Å². The topological polar surface area (TPSA) is 71.5 Å². The third-order valence-electron chi connectivity index (χ3n) is 6.12. The van der Waals surface area contributed by atoms with Gasteiger partial charge in [0, 0.05) is 19.1 Å². The number of benzene rings is 3. The first kappa shape index (κ1) is 20.2. The van der Waals surface area contributed by atoms with E-state index in [0.717, 1.165) is 47.3 Å². The van der Waals surface area contributed by atoms with E-state index in [4.69, 9.17) is 20.5 Å². The van der Waals surface area contributed by atoms with Crippen LogP contribution in [0.3, 0.4) is 0 Å². The van der Waals surface area contributed by atoms with E-state index in [2.05, 4.69) is 54.3 Å². The highest BCUT2D eigenvalue weighted by atomic mass is 16.5. The highest BCUT2D eigenvalue weighted by molar-refractivity contribution is 5.84. The van der Waals surface area contributed by atoms with Gasteiger partial charge in [-0.15, -0.1) is 0 Å². The molecular weight excluding hydrogens is 374 g/mol. The largest absolute Gasteiger partial charge is 0.493 e. The zero-order chi connectivity index (χ0) is 21.3. The molecule has 0 amide bonds. The van der Waals surface area contributed by atoms with Crippen LogP contribution in [0, 0.1) is 11.3 Å². The minimum Gasteiger partial charge on any atom is -0.493 e. The second-order valence-corrected chi connectivity index (χ2v) is 7.85. The van der Waals surface area contributed by atoms with E-state index in [0.29, 0.717) is 6.04 Å². The van der Waals surface area contributed by atoms with Crippen LogP contribution in [-0.2, 0) is 13.0 Å². The van der Waals surface area contributed by atoms with Gasteiger partial charge in [-0.2, -0.15) is 5.26 Å².